The highest BCUT2D eigenvalue weighted by molar-refractivity contribution is 5.37. The van der Waals surface area contributed by atoms with Gasteiger partial charge in [0.15, 0.2) is 0 Å². The molecule has 100 valence electrons. The molecule has 0 radical (unpaired) electrons. The number of hydrogen-bond donors (Lipinski definition) is 3. The summed E-state index contributed by atoms with van der Waals surface area (Å²) in [5, 5.41) is 22.5. The van der Waals surface area contributed by atoms with Gasteiger partial charge in [0.2, 0.25) is 0 Å². The molecule has 3 atom stereocenters. The minimum Gasteiger partial charge on any atom is -0.508 e. The minimum absolute atomic E-state index is 0.118. The van der Waals surface area contributed by atoms with E-state index < -0.39 is 0 Å². The Kier molecular flexibility index (Phi) is 4.12. The molecule has 1 aliphatic carbocycles. The second-order valence-corrected chi connectivity index (χ2v) is 5.58. The Bertz CT molecular complexity index is 385. The molecule has 1 aromatic carbocycles. The predicted molar refractivity (Wildman–Crippen MR) is 72.7 cm³/mol. The van der Waals surface area contributed by atoms with E-state index in [1.807, 2.05) is 0 Å². The third-order valence-corrected chi connectivity index (χ3v) is 4.15. The van der Waals surface area contributed by atoms with E-state index >= 15 is 0 Å². The van der Waals surface area contributed by atoms with Crippen LogP contribution in [0.5, 0.6) is 11.5 Å². The number of nitrogens with one attached hydrogen (secondary N) is 1. The Balaban J connectivity index is 1.92. The molecule has 0 aliphatic heterocycles. The molecule has 3 nitrogen and oxygen atoms in total. The molecule has 1 aromatic rings. The zero-order valence-corrected chi connectivity index (χ0v) is 11.2. The summed E-state index contributed by atoms with van der Waals surface area (Å²) < 4.78 is 0. The predicted octanol–water partition coefficient (Wildman–Crippen LogP) is 3.18. The van der Waals surface area contributed by atoms with E-state index in [0.29, 0.717) is 0 Å². The first kappa shape index (κ1) is 13.2. The van der Waals surface area contributed by atoms with Gasteiger partial charge in [0.25, 0.3) is 0 Å². The summed E-state index contributed by atoms with van der Waals surface area (Å²) in [5.74, 6) is 1.81. The minimum atomic E-state index is 0.118. The fraction of sp³-hybridized carbons (Fsp3) is 0.600. The van der Waals surface area contributed by atoms with Gasteiger partial charge in [-0.15, -0.1) is 0 Å². The summed E-state index contributed by atoms with van der Waals surface area (Å²) in [6, 6.07) is 4.91. The lowest BCUT2D eigenvalue weighted by Crippen LogP contribution is -2.26. The van der Waals surface area contributed by atoms with Gasteiger partial charge in [-0.1, -0.05) is 19.8 Å². The van der Waals surface area contributed by atoms with Crippen molar-refractivity contribution >= 4 is 0 Å². The van der Waals surface area contributed by atoms with Gasteiger partial charge in [-0.2, -0.15) is 0 Å². The topological polar surface area (TPSA) is 52.5 Å². The molecule has 0 amide bonds. The van der Waals surface area contributed by atoms with E-state index in [2.05, 4.69) is 19.2 Å². The number of aromatic hydroxyl groups is 2. The Labute approximate surface area is 109 Å². The molecule has 1 fully saturated rings. The first-order chi connectivity index (χ1) is 8.56. The van der Waals surface area contributed by atoms with Crippen LogP contribution in [0.1, 0.15) is 44.7 Å². The molecule has 2 rings (SSSR count). The molecule has 0 bridgehead atoms. The van der Waals surface area contributed by atoms with Crippen molar-refractivity contribution in [3.63, 3.8) is 0 Å². The summed E-state index contributed by atoms with van der Waals surface area (Å²) in [7, 11) is 0. The van der Waals surface area contributed by atoms with E-state index in [0.717, 1.165) is 23.9 Å². The van der Waals surface area contributed by atoms with Gasteiger partial charge in [-0.05, 0) is 49.4 Å². The maximum absolute atomic E-state index is 9.48. The van der Waals surface area contributed by atoms with Gasteiger partial charge in [0.1, 0.15) is 11.5 Å². The van der Waals surface area contributed by atoms with Crippen LogP contribution in [-0.4, -0.2) is 16.8 Å². The lowest BCUT2D eigenvalue weighted by molar-refractivity contribution is 0.373. The molecule has 0 spiro atoms. The molecule has 0 saturated heterocycles. The molecule has 1 aliphatic rings. The normalized spacial score (nSPS) is 25.2. The van der Waals surface area contributed by atoms with Crippen molar-refractivity contribution in [1.82, 2.24) is 5.32 Å². The Morgan fingerprint density at radius 2 is 1.89 bits per heavy atom. The molecule has 0 heterocycles. The second-order valence-electron chi connectivity index (χ2n) is 5.58. The highest BCUT2D eigenvalue weighted by Crippen LogP contribution is 2.31. The van der Waals surface area contributed by atoms with Gasteiger partial charge < -0.3 is 15.5 Å². The largest absolute Gasteiger partial charge is 0.508 e. The molecule has 3 heteroatoms. The van der Waals surface area contributed by atoms with Gasteiger partial charge in [-0.3, -0.25) is 0 Å². The zero-order valence-electron chi connectivity index (χ0n) is 11.2. The Morgan fingerprint density at radius 1 is 1.22 bits per heavy atom. The van der Waals surface area contributed by atoms with E-state index in [1.54, 1.807) is 12.1 Å². The number of benzene rings is 1. The fourth-order valence-electron chi connectivity index (χ4n) is 2.84. The fourth-order valence-corrected chi connectivity index (χ4v) is 2.84. The standard InChI is InChI=1S/C15H23NO2/c1-10-4-3-5-12(10)9-16-11(2)13-6-14(17)8-15(18)7-13/h6-8,10-12,16-18H,3-5,9H2,1-2H3. The van der Waals surface area contributed by atoms with E-state index in [-0.39, 0.29) is 17.5 Å². The summed E-state index contributed by atoms with van der Waals surface area (Å²) in [5.41, 5.74) is 0.929. The number of phenols is 2. The number of hydrogen-bond acceptors (Lipinski definition) is 3. The van der Waals surface area contributed by atoms with E-state index in [4.69, 9.17) is 0 Å². The van der Waals surface area contributed by atoms with Crippen LogP contribution in [0.4, 0.5) is 0 Å². The van der Waals surface area contributed by atoms with Crippen LogP contribution in [0.25, 0.3) is 0 Å². The first-order valence-corrected chi connectivity index (χ1v) is 6.82. The molecular weight excluding hydrogens is 226 g/mol. The van der Waals surface area contributed by atoms with Gasteiger partial charge >= 0.3 is 0 Å². The summed E-state index contributed by atoms with van der Waals surface area (Å²) in [6.07, 6.45) is 3.99. The van der Waals surface area contributed by atoms with Crippen molar-refractivity contribution in [1.29, 1.82) is 0 Å². The monoisotopic (exact) mass is 249 g/mol. The van der Waals surface area contributed by atoms with Crippen molar-refractivity contribution in [2.24, 2.45) is 11.8 Å². The quantitative estimate of drug-likeness (QED) is 0.768. The second kappa shape index (κ2) is 5.61. The van der Waals surface area contributed by atoms with Gasteiger partial charge in [0.05, 0.1) is 0 Å². The Hall–Kier alpha value is -1.22. The molecule has 0 aromatic heterocycles. The third kappa shape index (κ3) is 3.16. The summed E-state index contributed by atoms with van der Waals surface area (Å²) in [4.78, 5) is 0. The Morgan fingerprint density at radius 3 is 2.44 bits per heavy atom. The average Bonchev–Trinajstić information content (AvgIpc) is 2.70. The molecule has 3 N–H and O–H groups in total. The lowest BCUT2D eigenvalue weighted by atomic mass is 9.97. The van der Waals surface area contributed by atoms with Crippen molar-refractivity contribution in [3.05, 3.63) is 23.8 Å². The number of phenolic OH excluding ortho intramolecular Hbond substituents is 2. The van der Waals surface area contributed by atoms with Crippen LogP contribution >= 0.6 is 0 Å². The first-order valence-electron chi connectivity index (χ1n) is 6.82. The van der Waals surface area contributed by atoms with Crippen LogP contribution in [-0.2, 0) is 0 Å². The van der Waals surface area contributed by atoms with Gasteiger partial charge in [0, 0.05) is 12.1 Å². The number of rotatable bonds is 4. The lowest BCUT2D eigenvalue weighted by Gasteiger charge is -2.20. The van der Waals surface area contributed by atoms with E-state index in [9.17, 15) is 10.2 Å². The smallest absolute Gasteiger partial charge is 0.119 e. The molecule has 18 heavy (non-hydrogen) atoms. The molecule has 1 saturated carbocycles. The van der Waals surface area contributed by atoms with Crippen LogP contribution in [0, 0.1) is 11.8 Å². The average molecular weight is 249 g/mol. The highest BCUT2D eigenvalue weighted by atomic mass is 16.3. The van der Waals surface area contributed by atoms with Crippen LogP contribution in [0.15, 0.2) is 18.2 Å². The van der Waals surface area contributed by atoms with Crippen molar-refractivity contribution in [3.8, 4) is 11.5 Å². The molecule has 3 unspecified atom stereocenters. The zero-order chi connectivity index (χ0) is 13.1. The van der Waals surface area contributed by atoms with Crippen LogP contribution < -0.4 is 5.32 Å². The van der Waals surface area contributed by atoms with Gasteiger partial charge in [-0.25, -0.2) is 0 Å². The van der Waals surface area contributed by atoms with E-state index in [1.165, 1.54) is 25.3 Å². The van der Waals surface area contributed by atoms with Crippen LogP contribution in [0.3, 0.4) is 0 Å². The van der Waals surface area contributed by atoms with Crippen molar-refractivity contribution < 1.29 is 10.2 Å². The maximum atomic E-state index is 9.48. The maximum Gasteiger partial charge on any atom is 0.119 e. The molecular formula is C15H23NO2. The van der Waals surface area contributed by atoms with Crippen molar-refractivity contribution in [2.75, 3.05) is 6.54 Å². The third-order valence-electron chi connectivity index (χ3n) is 4.15. The van der Waals surface area contributed by atoms with Crippen molar-refractivity contribution in [2.45, 2.75) is 39.2 Å². The highest BCUT2D eigenvalue weighted by Gasteiger charge is 2.23. The summed E-state index contributed by atoms with van der Waals surface area (Å²) in [6.45, 7) is 5.40. The summed E-state index contributed by atoms with van der Waals surface area (Å²) >= 11 is 0. The SMILES string of the molecule is CC(NCC1CCCC1C)c1cc(O)cc(O)c1. The van der Waals surface area contributed by atoms with Crippen LogP contribution in [0.2, 0.25) is 0 Å².